The van der Waals surface area contributed by atoms with Gasteiger partial charge >= 0.3 is 17.9 Å². The summed E-state index contributed by atoms with van der Waals surface area (Å²) in [5.74, 6) is -0.964. The van der Waals surface area contributed by atoms with Gasteiger partial charge in [-0.2, -0.15) is 0 Å². The van der Waals surface area contributed by atoms with Crippen molar-refractivity contribution in [2.45, 2.75) is 335 Å². The molecule has 0 aromatic rings. The van der Waals surface area contributed by atoms with E-state index in [0.717, 1.165) is 70.6 Å². The molecule has 0 aliphatic carbocycles. The predicted molar refractivity (Wildman–Crippen MR) is 325 cm³/mol. The Morgan fingerprint density at radius 2 is 0.547 bits per heavy atom. The van der Waals surface area contributed by atoms with E-state index in [4.69, 9.17) is 14.2 Å². The number of ether oxygens (including phenoxy) is 3. The van der Waals surface area contributed by atoms with Gasteiger partial charge < -0.3 is 14.2 Å². The van der Waals surface area contributed by atoms with Gasteiger partial charge in [-0.3, -0.25) is 14.4 Å². The van der Waals surface area contributed by atoms with Gasteiger partial charge in [-0.25, -0.2) is 0 Å². The van der Waals surface area contributed by atoms with Crippen molar-refractivity contribution in [2.75, 3.05) is 13.2 Å². The van der Waals surface area contributed by atoms with Crippen LogP contribution in [0.1, 0.15) is 329 Å². The Morgan fingerprint density at radius 3 is 0.893 bits per heavy atom. The molecule has 0 amide bonds. The first-order valence-electron chi connectivity index (χ1n) is 32.4. The second-order valence-corrected chi connectivity index (χ2v) is 21.6. The Kier molecular flexibility index (Phi) is 60.7. The van der Waals surface area contributed by atoms with Gasteiger partial charge in [0.25, 0.3) is 0 Å². The van der Waals surface area contributed by atoms with E-state index >= 15 is 0 Å². The third-order valence-corrected chi connectivity index (χ3v) is 14.2. The summed E-state index contributed by atoms with van der Waals surface area (Å²) >= 11 is 0. The summed E-state index contributed by atoms with van der Waals surface area (Å²) in [6.07, 6.45) is 82.2. The summed E-state index contributed by atoms with van der Waals surface area (Å²) in [7, 11) is 0. The van der Waals surface area contributed by atoms with Gasteiger partial charge in [0.15, 0.2) is 6.10 Å². The number of allylic oxidation sites excluding steroid dienone is 12. The van der Waals surface area contributed by atoms with Crippen LogP contribution < -0.4 is 0 Å². The normalized spacial score (nSPS) is 12.5. The average Bonchev–Trinajstić information content (AvgIpc) is 3.41. The van der Waals surface area contributed by atoms with Gasteiger partial charge in [-0.1, -0.05) is 306 Å². The van der Waals surface area contributed by atoms with Crippen LogP contribution >= 0.6 is 0 Å². The van der Waals surface area contributed by atoms with E-state index in [1.54, 1.807) is 0 Å². The van der Waals surface area contributed by atoms with E-state index in [1.807, 2.05) is 6.08 Å². The fourth-order valence-corrected chi connectivity index (χ4v) is 9.37. The Bertz CT molecular complexity index is 1390. The molecule has 0 saturated heterocycles. The van der Waals surface area contributed by atoms with Gasteiger partial charge in [0, 0.05) is 19.3 Å². The molecule has 6 heteroatoms. The summed E-state index contributed by atoms with van der Waals surface area (Å²) in [4.78, 5) is 38.2. The van der Waals surface area contributed by atoms with Gasteiger partial charge in [0.2, 0.25) is 0 Å². The lowest BCUT2D eigenvalue weighted by atomic mass is 10.0. The summed E-state index contributed by atoms with van der Waals surface area (Å²) < 4.78 is 16.9. The number of unbranched alkanes of at least 4 members (excludes halogenated alkanes) is 36. The molecule has 0 radical (unpaired) electrons. The number of rotatable bonds is 59. The van der Waals surface area contributed by atoms with E-state index in [-0.39, 0.29) is 37.5 Å². The average molecular weight is 1050 g/mol. The molecule has 0 aromatic carbocycles. The topological polar surface area (TPSA) is 78.9 Å². The van der Waals surface area contributed by atoms with Gasteiger partial charge in [-0.05, 0) is 77.0 Å². The van der Waals surface area contributed by atoms with Crippen LogP contribution in [0, 0.1) is 0 Å². The highest BCUT2D eigenvalue weighted by Crippen LogP contribution is 2.17. The molecule has 1 atom stereocenters. The van der Waals surface area contributed by atoms with Crippen molar-refractivity contribution in [3.05, 3.63) is 72.9 Å². The zero-order chi connectivity index (χ0) is 54.3. The number of hydrogen-bond donors (Lipinski definition) is 0. The third-order valence-electron chi connectivity index (χ3n) is 14.2. The molecule has 0 rings (SSSR count). The highest BCUT2D eigenvalue weighted by atomic mass is 16.6. The second-order valence-electron chi connectivity index (χ2n) is 21.6. The zero-order valence-corrected chi connectivity index (χ0v) is 49.8. The van der Waals surface area contributed by atoms with Crippen molar-refractivity contribution in [1.29, 1.82) is 0 Å². The minimum atomic E-state index is -0.803. The predicted octanol–water partition coefficient (Wildman–Crippen LogP) is 22.1. The maximum Gasteiger partial charge on any atom is 0.306 e. The van der Waals surface area contributed by atoms with Gasteiger partial charge in [0.1, 0.15) is 13.2 Å². The monoisotopic (exact) mass is 1050 g/mol. The lowest BCUT2D eigenvalue weighted by molar-refractivity contribution is -0.166. The molecule has 0 aliphatic rings. The molecular formula is C69H122O6. The van der Waals surface area contributed by atoms with Crippen LogP contribution in [0.25, 0.3) is 0 Å². The zero-order valence-electron chi connectivity index (χ0n) is 49.8. The fourth-order valence-electron chi connectivity index (χ4n) is 9.37. The fraction of sp³-hybridized carbons (Fsp3) is 0.783. The molecule has 0 heterocycles. The molecule has 1 unspecified atom stereocenters. The van der Waals surface area contributed by atoms with Crippen molar-refractivity contribution in [2.24, 2.45) is 0 Å². The first-order valence-corrected chi connectivity index (χ1v) is 32.4. The quantitative estimate of drug-likeness (QED) is 0.0261. The molecule has 434 valence electrons. The number of carbonyl (C=O) groups is 3. The highest BCUT2D eigenvalue weighted by molar-refractivity contribution is 5.71. The Morgan fingerprint density at radius 1 is 0.280 bits per heavy atom. The standard InChI is InChI=1S/C69H122O6/c1-4-7-10-13-16-19-22-25-27-29-31-32-33-34-35-36-38-39-41-44-47-50-53-56-59-62-68(71)74-65-66(64-73-67(70)61-58-55-52-49-46-43-24-21-18-15-12-9-6-3)75-69(72)63-60-57-54-51-48-45-42-40-37-30-28-26-23-20-17-14-11-8-5-2/h9,12,18,21-22,25,29,31,43,46,52,55,66H,4-8,10-11,13-17,19-20,23-24,26-28,30,32-42,44-45,47-51,53-54,56-65H2,1-3H3/b12-9-,21-18-,25-22-,31-29-,46-43-,55-52-. The lowest BCUT2D eigenvalue weighted by Crippen LogP contribution is -2.30. The minimum absolute atomic E-state index is 0.0945. The van der Waals surface area contributed by atoms with Crippen LogP contribution in [-0.4, -0.2) is 37.2 Å². The summed E-state index contributed by atoms with van der Waals surface area (Å²) in [5, 5.41) is 0. The van der Waals surface area contributed by atoms with Crippen molar-refractivity contribution in [1.82, 2.24) is 0 Å². The maximum atomic E-state index is 12.9. The van der Waals surface area contributed by atoms with E-state index in [9.17, 15) is 14.4 Å². The largest absolute Gasteiger partial charge is 0.462 e. The Labute approximate surface area is 465 Å². The third kappa shape index (κ3) is 61.6. The van der Waals surface area contributed by atoms with Crippen molar-refractivity contribution < 1.29 is 28.6 Å². The van der Waals surface area contributed by atoms with Crippen LogP contribution in [0.5, 0.6) is 0 Å². The van der Waals surface area contributed by atoms with E-state index in [1.165, 1.54) is 212 Å². The Hall–Kier alpha value is -3.15. The van der Waals surface area contributed by atoms with E-state index < -0.39 is 6.10 Å². The number of hydrogen-bond acceptors (Lipinski definition) is 6. The molecule has 6 nitrogen and oxygen atoms in total. The van der Waals surface area contributed by atoms with Gasteiger partial charge in [-0.15, -0.1) is 0 Å². The van der Waals surface area contributed by atoms with Crippen LogP contribution in [-0.2, 0) is 28.6 Å². The van der Waals surface area contributed by atoms with Crippen LogP contribution in [0.3, 0.4) is 0 Å². The molecular weight excluding hydrogens is 925 g/mol. The van der Waals surface area contributed by atoms with Crippen LogP contribution in [0.15, 0.2) is 72.9 Å². The molecule has 0 fully saturated rings. The van der Waals surface area contributed by atoms with Gasteiger partial charge in [0.05, 0.1) is 0 Å². The highest BCUT2D eigenvalue weighted by Gasteiger charge is 2.19. The van der Waals surface area contributed by atoms with E-state index in [0.29, 0.717) is 19.3 Å². The number of esters is 3. The molecule has 0 aliphatic heterocycles. The van der Waals surface area contributed by atoms with Crippen LogP contribution in [0.4, 0.5) is 0 Å². The smallest absolute Gasteiger partial charge is 0.306 e. The van der Waals surface area contributed by atoms with Crippen molar-refractivity contribution in [3.63, 3.8) is 0 Å². The molecule has 0 saturated carbocycles. The first-order chi connectivity index (χ1) is 37.0. The number of carbonyl (C=O) groups excluding carboxylic acids is 3. The lowest BCUT2D eigenvalue weighted by Gasteiger charge is -2.18. The second kappa shape index (κ2) is 63.4. The molecule has 75 heavy (non-hydrogen) atoms. The summed E-state index contributed by atoms with van der Waals surface area (Å²) in [6, 6.07) is 0. The summed E-state index contributed by atoms with van der Waals surface area (Å²) in [6.45, 7) is 6.50. The van der Waals surface area contributed by atoms with Crippen LogP contribution in [0.2, 0.25) is 0 Å². The molecule has 0 aromatic heterocycles. The first kappa shape index (κ1) is 71.8. The molecule has 0 spiro atoms. The van der Waals surface area contributed by atoms with E-state index in [2.05, 4.69) is 87.6 Å². The van der Waals surface area contributed by atoms with Crippen molar-refractivity contribution >= 4 is 17.9 Å². The molecule has 0 bridgehead atoms. The molecule has 0 N–H and O–H groups in total. The summed E-state index contributed by atoms with van der Waals surface area (Å²) in [5.41, 5.74) is 0. The minimum Gasteiger partial charge on any atom is -0.462 e. The van der Waals surface area contributed by atoms with Crippen molar-refractivity contribution in [3.8, 4) is 0 Å². The Balaban J connectivity index is 4.31. The SMILES string of the molecule is CC/C=C\C/C=C\C/C=C\C/C=C\CCC(=O)OCC(COC(=O)CCCCCCCCCCCCCCC/C=C\C/C=C\CCCCCCC)OC(=O)CCCCCCCCCCCCCCCCCCCCC. The maximum absolute atomic E-state index is 12.9.